The predicted octanol–water partition coefficient (Wildman–Crippen LogP) is 0.295. The molecule has 2 amide bonds. The summed E-state index contributed by atoms with van der Waals surface area (Å²) in [6.45, 7) is 0.851. The van der Waals surface area contributed by atoms with Gasteiger partial charge in [0, 0.05) is 31.4 Å². The summed E-state index contributed by atoms with van der Waals surface area (Å²) in [7, 11) is 0. The maximum atomic E-state index is 12.7. The first kappa shape index (κ1) is 17.6. The van der Waals surface area contributed by atoms with Crippen LogP contribution in [0.2, 0.25) is 0 Å². The smallest absolute Gasteiger partial charge is 0.271 e. The summed E-state index contributed by atoms with van der Waals surface area (Å²) in [5, 5.41) is 18.2. The molecule has 0 bridgehead atoms. The summed E-state index contributed by atoms with van der Waals surface area (Å²) >= 11 is 0. The van der Waals surface area contributed by atoms with Crippen LogP contribution in [0.3, 0.4) is 0 Å². The maximum Gasteiger partial charge on any atom is 0.271 e. The zero-order chi connectivity index (χ0) is 18.5. The summed E-state index contributed by atoms with van der Waals surface area (Å²) in [6, 6.07) is 3.79. The van der Waals surface area contributed by atoms with Gasteiger partial charge in [-0.3, -0.25) is 19.4 Å². The number of H-pyrrole nitrogens is 1. The van der Waals surface area contributed by atoms with Crippen molar-refractivity contribution >= 4 is 11.8 Å². The first-order valence-electron chi connectivity index (χ1n) is 8.33. The van der Waals surface area contributed by atoms with Crippen molar-refractivity contribution in [1.82, 2.24) is 25.4 Å². The molecular weight excluding hydrogens is 338 g/mol. The molecular formula is C17H19N5O4. The van der Waals surface area contributed by atoms with Crippen LogP contribution >= 0.6 is 0 Å². The fourth-order valence-electron chi connectivity index (χ4n) is 2.96. The number of carbonyl (C=O) groups is 2. The average molecular weight is 357 g/mol. The molecule has 1 aliphatic heterocycles. The van der Waals surface area contributed by atoms with Crippen LogP contribution in [0.4, 0.5) is 0 Å². The molecule has 2 aromatic rings. The number of pyridine rings is 1. The fourth-order valence-corrected chi connectivity index (χ4v) is 2.96. The van der Waals surface area contributed by atoms with Crippen molar-refractivity contribution in [2.24, 2.45) is 0 Å². The Balaban J connectivity index is 1.67. The molecule has 3 N–H and O–H groups in total. The third-order valence-electron chi connectivity index (χ3n) is 4.27. The molecule has 1 saturated heterocycles. The van der Waals surface area contributed by atoms with E-state index in [1.165, 1.54) is 30.6 Å². The predicted molar refractivity (Wildman–Crippen MR) is 91.8 cm³/mol. The summed E-state index contributed by atoms with van der Waals surface area (Å²) in [5.74, 6) is -0.713. The van der Waals surface area contributed by atoms with E-state index in [-0.39, 0.29) is 35.5 Å². The van der Waals surface area contributed by atoms with Crippen LogP contribution in [0.5, 0.6) is 5.75 Å². The van der Waals surface area contributed by atoms with E-state index in [0.29, 0.717) is 12.1 Å². The first-order chi connectivity index (χ1) is 12.5. The van der Waals surface area contributed by atoms with Crippen molar-refractivity contribution in [3.63, 3.8) is 0 Å². The number of rotatable bonds is 4. The fraction of sp³-hybridized carbons (Fsp3) is 0.353. The Morgan fingerprint density at radius 3 is 2.88 bits per heavy atom. The van der Waals surface area contributed by atoms with Crippen molar-refractivity contribution < 1.29 is 14.7 Å². The highest BCUT2D eigenvalue weighted by molar-refractivity contribution is 5.95. The number of aromatic amines is 1. The van der Waals surface area contributed by atoms with Crippen LogP contribution in [0.15, 0.2) is 35.4 Å². The molecule has 0 spiro atoms. The van der Waals surface area contributed by atoms with Crippen LogP contribution in [-0.2, 0) is 0 Å². The van der Waals surface area contributed by atoms with Crippen molar-refractivity contribution in [2.75, 3.05) is 13.1 Å². The highest BCUT2D eigenvalue weighted by Crippen LogP contribution is 2.20. The summed E-state index contributed by atoms with van der Waals surface area (Å²) < 4.78 is 0. The van der Waals surface area contributed by atoms with Crippen LogP contribution in [0.1, 0.15) is 40.1 Å². The number of aromatic hydroxyl groups is 1. The molecule has 0 radical (unpaired) electrons. The monoisotopic (exact) mass is 357 g/mol. The topological polar surface area (TPSA) is 128 Å². The third kappa shape index (κ3) is 4.05. The molecule has 9 heteroatoms. The van der Waals surface area contributed by atoms with Crippen molar-refractivity contribution in [3.05, 3.63) is 52.2 Å². The summed E-state index contributed by atoms with van der Waals surface area (Å²) in [5.41, 5.74) is 0.0336. The van der Waals surface area contributed by atoms with E-state index in [1.54, 1.807) is 4.90 Å². The normalized spacial score (nSPS) is 16.9. The molecule has 9 nitrogen and oxygen atoms in total. The van der Waals surface area contributed by atoms with Gasteiger partial charge in [-0.15, -0.1) is 0 Å². The molecule has 3 heterocycles. The minimum atomic E-state index is -0.418. The molecule has 26 heavy (non-hydrogen) atoms. The summed E-state index contributed by atoms with van der Waals surface area (Å²) in [4.78, 5) is 41.4. The number of nitrogens with zero attached hydrogens (tertiary/aromatic N) is 3. The lowest BCUT2D eigenvalue weighted by Gasteiger charge is -2.35. The lowest BCUT2D eigenvalue weighted by atomic mass is 10.0. The SMILES string of the molecule is O=C(NCC1CCCCN1C(=O)c1cncc(O)c1)c1ccc(=O)[nH]n1. The largest absolute Gasteiger partial charge is 0.506 e. The van der Waals surface area contributed by atoms with Gasteiger partial charge in [0.15, 0.2) is 0 Å². The van der Waals surface area contributed by atoms with Gasteiger partial charge in [0.05, 0.1) is 11.8 Å². The number of hydrogen-bond donors (Lipinski definition) is 3. The Hall–Kier alpha value is -3.23. The van der Waals surface area contributed by atoms with E-state index in [1.807, 2.05) is 0 Å². The molecule has 1 aliphatic rings. The molecule has 1 fully saturated rings. The average Bonchev–Trinajstić information content (AvgIpc) is 2.66. The Morgan fingerprint density at radius 2 is 2.15 bits per heavy atom. The zero-order valence-corrected chi connectivity index (χ0v) is 14.0. The van der Waals surface area contributed by atoms with Gasteiger partial charge >= 0.3 is 0 Å². The molecule has 1 unspecified atom stereocenters. The van der Waals surface area contributed by atoms with E-state index < -0.39 is 5.91 Å². The van der Waals surface area contributed by atoms with Crippen LogP contribution in [0.25, 0.3) is 0 Å². The second kappa shape index (κ2) is 7.77. The van der Waals surface area contributed by atoms with E-state index in [2.05, 4.69) is 20.5 Å². The number of piperidine rings is 1. The maximum absolute atomic E-state index is 12.7. The van der Waals surface area contributed by atoms with Crippen LogP contribution in [-0.4, -0.2) is 56.1 Å². The number of likely N-dealkylation sites (tertiary alicyclic amines) is 1. The molecule has 2 aromatic heterocycles. The Kier molecular flexibility index (Phi) is 5.26. The lowest BCUT2D eigenvalue weighted by Crippen LogP contribution is -2.49. The number of aromatic nitrogens is 3. The third-order valence-corrected chi connectivity index (χ3v) is 4.27. The van der Waals surface area contributed by atoms with E-state index in [4.69, 9.17) is 0 Å². The summed E-state index contributed by atoms with van der Waals surface area (Å²) in [6.07, 6.45) is 5.28. The highest BCUT2D eigenvalue weighted by Gasteiger charge is 2.28. The second-order valence-electron chi connectivity index (χ2n) is 6.10. The van der Waals surface area contributed by atoms with Gasteiger partial charge in [0.1, 0.15) is 11.4 Å². The number of nitrogens with one attached hydrogen (secondary N) is 2. The van der Waals surface area contributed by atoms with E-state index in [9.17, 15) is 19.5 Å². The standard InChI is InChI=1S/C17H19N5O4/c23-13-7-11(8-18-10-13)17(26)22-6-2-1-3-12(22)9-19-16(25)14-4-5-15(24)21-20-14/h4-5,7-8,10,12,23H,1-3,6,9H2,(H,19,25)(H,21,24). The Labute approximate surface area is 149 Å². The molecule has 0 aromatic carbocycles. The van der Waals surface area contributed by atoms with Gasteiger partial charge in [-0.1, -0.05) is 0 Å². The number of carbonyl (C=O) groups excluding carboxylic acids is 2. The van der Waals surface area contributed by atoms with Gasteiger partial charge < -0.3 is 15.3 Å². The Morgan fingerprint density at radius 1 is 1.31 bits per heavy atom. The van der Waals surface area contributed by atoms with Crippen LogP contribution in [0, 0.1) is 0 Å². The van der Waals surface area contributed by atoms with Crippen molar-refractivity contribution in [1.29, 1.82) is 0 Å². The number of amides is 2. The number of hydrogen-bond acceptors (Lipinski definition) is 6. The van der Waals surface area contributed by atoms with Crippen molar-refractivity contribution in [3.8, 4) is 5.75 Å². The molecule has 1 atom stereocenters. The quantitative estimate of drug-likeness (QED) is 0.722. The molecule has 136 valence electrons. The van der Waals surface area contributed by atoms with Gasteiger partial charge in [-0.05, 0) is 31.4 Å². The molecule has 3 rings (SSSR count). The first-order valence-corrected chi connectivity index (χ1v) is 8.33. The second-order valence-corrected chi connectivity index (χ2v) is 6.10. The van der Waals surface area contributed by atoms with E-state index >= 15 is 0 Å². The van der Waals surface area contributed by atoms with Gasteiger partial charge in [0.25, 0.3) is 17.4 Å². The van der Waals surface area contributed by atoms with Crippen LogP contribution < -0.4 is 10.9 Å². The molecule has 0 aliphatic carbocycles. The van der Waals surface area contributed by atoms with E-state index in [0.717, 1.165) is 19.3 Å². The minimum Gasteiger partial charge on any atom is -0.506 e. The lowest BCUT2D eigenvalue weighted by molar-refractivity contribution is 0.0601. The zero-order valence-electron chi connectivity index (χ0n) is 14.0. The van der Waals surface area contributed by atoms with Gasteiger partial charge in [-0.2, -0.15) is 5.10 Å². The van der Waals surface area contributed by atoms with Gasteiger partial charge in [-0.25, -0.2) is 5.10 Å². The highest BCUT2D eigenvalue weighted by atomic mass is 16.3. The minimum absolute atomic E-state index is 0.0677. The molecule has 0 saturated carbocycles. The van der Waals surface area contributed by atoms with Gasteiger partial charge in [0.2, 0.25) is 0 Å². The Bertz CT molecular complexity index is 846. The van der Waals surface area contributed by atoms with Crippen molar-refractivity contribution in [2.45, 2.75) is 25.3 Å².